The molecule has 6 heteroatoms. The number of nitrogens with one attached hydrogen (secondary N) is 1. The van der Waals surface area contributed by atoms with E-state index in [0.29, 0.717) is 5.69 Å². The molecule has 0 aromatic heterocycles. The summed E-state index contributed by atoms with van der Waals surface area (Å²) >= 11 is 0. The van der Waals surface area contributed by atoms with Crippen LogP contribution in [-0.2, 0) is 23.9 Å². The first-order valence-electron chi connectivity index (χ1n) is 8.68. The minimum Gasteiger partial charge on any atom is -0.462 e. The molecule has 5 atom stereocenters. The van der Waals surface area contributed by atoms with E-state index in [4.69, 9.17) is 9.47 Å². The van der Waals surface area contributed by atoms with Crippen LogP contribution in [0.1, 0.15) is 24.0 Å². The van der Waals surface area contributed by atoms with Crippen molar-refractivity contribution < 1.29 is 23.9 Å². The van der Waals surface area contributed by atoms with Crippen molar-refractivity contribution in [2.75, 3.05) is 11.9 Å². The maximum atomic E-state index is 12.4. The van der Waals surface area contributed by atoms with Gasteiger partial charge in [-0.05, 0) is 55.9 Å². The number of rotatable bonds is 4. The first-order valence-corrected chi connectivity index (χ1v) is 8.68. The smallest absolute Gasteiger partial charge is 0.310 e. The van der Waals surface area contributed by atoms with Crippen molar-refractivity contribution in [3.8, 4) is 0 Å². The van der Waals surface area contributed by atoms with Crippen LogP contribution in [0.15, 0.2) is 18.2 Å². The van der Waals surface area contributed by atoms with Gasteiger partial charge in [0.25, 0.3) is 5.91 Å². The average Bonchev–Trinajstić information content (AvgIpc) is 3.18. The summed E-state index contributed by atoms with van der Waals surface area (Å²) in [4.78, 5) is 36.4. The Hall–Kier alpha value is -2.37. The average molecular weight is 343 g/mol. The molecule has 1 aliphatic heterocycles. The summed E-state index contributed by atoms with van der Waals surface area (Å²) in [6.07, 6.45) is 1.57. The monoisotopic (exact) mass is 343 g/mol. The third-order valence-electron chi connectivity index (χ3n) is 5.89. The third-order valence-corrected chi connectivity index (χ3v) is 5.89. The Labute approximate surface area is 145 Å². The van der Waals surface area contributed by atoms with E-state index in [2.05, 4.69) is 5.32 Å². The van der Waals surface area contributed by atoms with Crippen LogP contribution in [0.4, 0.5) is 5.69 Å². The van der Waals surface area contributed by atoms with Crippen LogP contribution in [-0.4, -0.2) is 30.6 Å². The quantitative estimate of drug-likeness (QED) is 0.846. The van der Waals surface area contributed by atoms with Crippen LogP contribution >= 0.6 is 0 Å². The maximum Gasteiger partial charge on any atom is 0.310 e. The highest BCUT2D eigenvalue weighted by molar-refractivity contribution is 5.93. The lowest BCUT2D eigenvalue weighted by molar-refractivity contribution is -0.157. The number of carbonyl (C=O) groups is 3. The fourth-order valence-corrected chi connectivity index (χ4v) is 4.57. The Bertz CT molecular complexity index is 756. The minimum absolute atomic E-state index is 0.0142. The van der Waals surface area contributed by atoms with Gasteiger partial charge in [0, 0.05) is 11.6 Å². The van der Waals surface area contributed by atoms with Crippen LogP contribution in [0.3, 0.4) is 0 Å². The molecular weight excluding hydrogens is 322 g/mol. The van der Waals surface area contributed by atoms with Crippen molar-refractivity contribution in [2.24, 2.45) is 23.7 Å². The van der Waals surface area contributed by atoms with Crippen LogP contribution < -0.4 is 5.32 Å². The highest BCUT2D eigenvalue weighted by Gasteiger charge is 2.64. The van der Waals surface area contributed by atoms with E-state index < -0.39 is 11.9 Å². The Morgan fingerprint density at radius 2 is 2.04 bits per heavy atom. The number of hydrogen-bond acceptors (Lipinski definition) is 5. The minimum atomic E-state index is -0.454. The van der Waals surface area contributed by atoms with Gasteiger partial charge in [-0.15, -0.1) is 0 Å². The van der Waals surface area contributed by atoms with Gasteiger partial charge < -0.3 is 14.8 Å². The zero-order valence-corrected chi connectivity index (χ0v) is 14.3. The van der Waals surface area contributed by atoms with Crippen molar-refractivity contribution in [1.29, 1.82) is 0 Å². The van der Waals surface area contributed by atoms with Crippen molar-refractivity contribution in [1.82, 2.24) is 0 Å². The summed E-state index contributed by atoms with van der Waals surface area (Å²) in [5, 5.41) is 2.72. The van der Waals surface area contributed by atoms with Gasteiger partial charge in [0.05, 0.1) is 11.8 Å². The third kappa shape index (κ3) is 2.69. The second-order valence-electron chi connectivity index (χ2n) is 7.38. The first-order chi connectivity index (χ1) is 11.9. The molecule has 132 valence electrons. The van der Waals surface area contributed by atoms with E-state index in [9.17, 15) is 14.4 Å². The lowest BCUT2D eigenvalue weighted by Crippen LogP contribution is -2.34. The summed E-state index contributed by atoms with van der Waals surface area (Å²) in [5.41, 5.74) is 2.89. The van der Waals surface area contributed by atoms with Crippen molar-refractivity contribution in [3.05, 3.63) is 29.3 Å². The van der Waals surface area contributed by atoms with Gasteiger partial charge in [-0.3, -0.25) is 14.4 Å². The van der Waals surface area contributed by atoms with E-state index in [-0.39, 0.29) is 42.3 Å². The molecule has 1 amide bonds. The van der Waals surface area contributed by atoms with Crippen LogP contribution in [0.2, 0.25) is 0 Å². The first kappa shape index (κ1) is 16.1. The number of carbonyl (C=O) groups excluding carboxylic acids is 3. The summed E-state index contributed by atoms with van der Waals surface area (Å²) in [5.74, 6) is -1.65. The molecule has 0 radical (unpaired) electrons. The highest BCUT2D eigenvalue weighted by atomic mass is 16.6. The van der Waals surface area contributed by atoms with Gasteiger partial charge in [-0.2, -0.15) is 0 Å². The molecule has 1 aromatic rings. The predicted octanol–water partition coefficient (Wildman–Crippen LogP) is 1.98. The molecule has 6 nitrogen and oxygen atoms in total. The number of amides is 1. The molecule has 2 bridgehead atoms. The topological polar surface area (TPSA) is 81.7 Å². The number of ether oxygens (including phenoxy) is 2. The Kier molecular flexibility index (Phi) is 3.78. The molecule has 0 spiro atoms. The molecule has 2 saturated carbocycles. The normalized spacial score (nSPS) is 31.8. The number of esters is 2. The van der Waals surface area contributed by atoms with E-state index in [1.54, 1.807) is 0 Å². The molecule has 3 aliphatic rings. The zero-order chi connectivity index (χ0) is 17.7. The Morgan fingerprint density at radius 3 is 2.80 bits per heavy atom. The van der Waals surface area contributed by atoms with E-state index in [0.717, 1.165) is 24.0 Å². The number of hydrogen-bond donors (Lipinski definition) is 1. The number of benzene rings is 1. The maximum absolute atomic E-state index is 12.4. The van der Waals surface area contributed by atoms with E-state index in [1.807, 2.05) is 32.0 Å². The van der Waals surface area contributed by atoms with Crippen molar-refractivity contribution >= 4 is 23.5 Å². The van der Waals surface area contributed by atoms with Gasteiger partial charge in [0.15, 0.2) is 6.61 Å². The lowest BCUT2D eigenvalue weighted by atomic mass is 9.80. The lowest BCUT2D eigenvalue weighted by Gasteiger charge is -2.22. The highest BCUT2D eigenvalue weighted by Crippen LogP contribution is 2.57. The second kappa shape index (κ2) is 5.86. The largest absolute Gasteiger partial charge is 0.462 e. The second-order valence-corrected chi connectivity index (χ2v) is 7.38. The summed E-state index contributed by atoms with van der Waals surface area (Å²) in [6.45, 7) is 3.62. The molecule has 3 fully saturated rings. The molecule has 2 aliphatic carbocycles. The fourth-order valence-electron chi connectivity index (χ4n) is 4.57. The summed E-state index contributed by atoms with van der Waals surface area (Å²) in [7, 11) is 0. The number of aryl methyl sites for hydroxylation is 2. The van der Waals surface area contributed by atoms with Gasteiger partial charge in [-0.25, -0.2) is 0 Å². The molecular formula is C19H21NO5. The van der Waals surface area contributed by atoms with Crippen LogP contribution in [0, 0.1) is 37.5 Å². The molecule has 1 saturated heterocycles. The molecule has 1 heterocycles. The zero-order valence-electron chi connectivity index (χ0n) is 14.3. The number of fused-ring (bicyclic) bond motifs is 1. The Morgan fingerprint density at radius 1 is 1.24 bits per heavy atom. The van der Waals surface area contributed by atoms with Crippen molar-refractivity contribution in [2.45, 2.75) is 32.8 Å². The molecule has 0 unspecified atom stereocenters. The van der Waals surface area contributed by atoms with Gasteiger partial charge in [-0.1, -0.05) is 6.07 Å². The number of anilines is 1. The van der Waals surface area contributed by atoms with Crippen LogP contribution in [0.25, 0.3) is 0 Å². The standard InChI is InChI=1S/C19H21NO5/c1-9-3-4-12(5-10(9)2)20-15(21)8-24-18(22)16-11-6-13-14(7-11)25-19(23)17(13)16/h3-5,11,13-14,16-17H,6-8H2,1-2H3,(H,20,21)/t11-,13+,14+,16-,17+/m1/s1. The van der Waals surface area contributed by atoms with Crippen molar-refractivity contribution in [3.63, 3.8) is 0 Å². The summed E-state index contributed by atoms with van der Waals surface area (Å²) < 4.78 is 10.5. The van der Waals surface area contributed by atoms with Gasteiger partial charge >= 0.3 is 11.9 Å². The Balaban J connectivity index is 1.34. The van der Waals surface area contributed by atoms with Gasteiger partial charge in [0.2, 0.25) is 0 Å². The van der Waals surface area contributed by atoms with Crippen LogP contribution in [0.5, 0.6) is 0 Å². The molecule has 1 N–H and O–H groups in total. The SMILES string of the molecule is Cc1ccc(NC(=O)COC(=O)[C@@H]2[C@@H]3C[C@@H]4[C@@H]2C(=O)O[C@H]4C3)cc1C. The van der Waals surface area contributed by atoms with E-state index in [1.165, 1.54) is 0 Å². The molecule has 1 aromatic carbocycles. The predicted molar refractivity (Wildman–Crippen MR) is 88.6 cm³/mol. The van der Waals surface area contributed by atoms with E-state index >= 15 is 0 Å². The molecule has 4 rings (SSSR count). The fraction of sp³-hybridized carbons (Fsp3) is 0.526. The summed E-state index contributed by atoms with van der Waals surface area (Å²) in [6, 6.07) is 5.61. The van der Waals surface area contributed by atoms with Gasteiger partial charge in [0.1, 0.15) is 6.10 Å². The molecule has 25 heavy (non-hydrogen) atoms.